The van der Waals surface area contributed by atoms with Crippen molar-refractivity contribution >= 4 is 53.3 Å². The maximum Gasteiger partial charge on any atom is 0.422 e. The molecule has 0 saturated heterocycles. The Bertz CT molecular complexity index is 1070. The fraction of sp³-hybridized carbons (Fsp3) is 0.304. The second-order valence-electron chi connectivity index (χ2n) is 8.14. The number of carbonyl (C=O) groups is 3. The molecule has 0 unspecified atom stereocenters. The molecule has 1 aromatic heterocycles. The van der Waals surface area contributed by atoms with Gasteiger partial charge in [0.25, 0.3) is 0 Å². The van der Waals surface area contributed by atoms with E-state index >= 15 is 0 Å². The summed E-state index contributed by atoms with van der Waals surface area (Å²) in [6, 6.07) is 8.88. The molecule has 0 aliphatic rings. The predicted octanol–water partition coefficient (Wildman–Crippen LogP) is 3.91. The Kier molecular flexibility index (Phi) is 9.43. The highest BCUT2D eigenvalue weighted by Crippen LogP contribution is 2.24. The van der Waals surface area contributed by atoms with E-state index in [-0.39, 0.29) is 18.3 Å². The molecule has 0 fully saturated rings. The van der Waals surface area contributed by atoms with Crippen molar-refractivity contribution in [3.05, 3.63) is 57.7 Å². The molecule has 34 heavy (non-hydrogen) atoms. The number of halogens is 1. The fourth-order valence-corrected chi connectivity index (χ4v) is 3.12. The van der Waals surface area contributed by atoms with Gasteiger partial charge in [-0.15, -0.1) is 5.10 Å². The van der Waals surface area contributed by atoms with Gasteiger partial charge in [0.15, 0.2) is 5.82 Å². The van der Waals surface area contributed by atoms with Crippen LogP contribution in [0.25, 0.3) is 0 Å². The van der Waals surface area contributed by atoms with E-state index in [0.29, 0.717) is 28.6 Å². The van der Waals surface area contributed by atoms with Crippen molar-refractivity contribution < 1.29 is 23.9 Å². The topological polar surface area (TPSA) is 114 Å². The third kappa shape index (κ3) is 7.77. The lowest BCUT2D eigenvalue weighted by Crippen LogP contribution is -2.37. The maximum atomic E-state index is 12.5. The highest BCUT2D eigenvalue weighted by atomic mass is 79.9. The van der Waals surface area contributed by atoms with Gasteiger partial charge in [-0.1, -0.05) is 12.1 Å². The van der Waals surface area contributed by atoms with Gasteiger partial charge in [-0.3, -0.25) is 9.59 Å². The van der Waals surface area contributed by atoms with Crippen LogP contribution < -0.4 is 4.90 Å². The summed E-state index contributed by atoms with van der Waals surface area (Å²) in [6.07, 6.45) is 1.67. The normalized spacial score (nSPS) is 11.4. The number of ether oxygens (including phenoxy) is 2. The highest BCUT2D eigenvalue weighted by molar-refractivity contribution is 9.10. The molecule has 1 aromatic carbocycles. The molecule has 180 valence electrons. The number of hydrogen-bond donors (Lipinski definition) is 0. The van der Waals surface area contributed by atoms with Gasteiger partial charge in [-0.2, -0.15) is 5.10 Å². The number of aromatic nitrogens is 1. The predicted molar refractivity (Wildman–Crippen MR) is 132 cm³/mol. The molecule has 0 atom stereocenters. The highest BCUT2D eigenvalue weighted by Gasteiger charge is 2.26. The number of benzene rings is 1. The maximum absolute atomic E-state index is 12.5. The zero-order valence-electron chi connectivity index (χ0n) is 19.4. The first kappa shape index (κ1) is 26.7. The number of imide groups is 1. The summed E-state index contributed by atoms with van der Waals surface area (Å²) in [6.45, 7) is 8.83. The molecule has 2 aromatic rings. The number of carbonyl (C=O) groups excluding carboxylic acids is 3. The second kappa shape index (κ2) is 12.0. The van der Waals surface area contributed by atoms with Crippen LogP contribution in [0.4, 0.5) is 10.6 Å². The van der Waals surface area contributed by atoms with Crippen LogP contribution in [0.15, 0.2) is 51.2 Å². The Balaban J connectivity index is 2.28. The lowest BCUT2D eigenvalue weighted by molar-refractivity contribution is -0.117. The molecule has 2 rings (SSSR count). The molecule has 10 nitrogen and oxygen atoms in total. The molecule has 0 bridgehead atoms. The Hall–Kier alpha value is -3.60. The zero-order chi connectivity index (χ0) is 25.3. The van der Waals surface area contributed by atoms with E-state index in [4.69, 9.17) is 9.47 Å². The first-order valence-electron chi connectivity index (χ1n) is 10.1. The number of pyridine rings is 1. The summed E-state index contributed by atoms with van der Waals surface area (Å²) in [7, 11) is 1.68. The van der Waals surface area contributed by atoms with Gasteiger partial charge in [-0.05, 0) is 60.5 Å². The zero-order valence-corrected chi connectivity index (χ0v) is 21.0. The van der Waals surface area contributed by atoms with Crippen LogP contribution in [0.3, 0.4) is 0 Å². The van der Waals surface area contributed by atoms with Crippen LogP contribution in [0.1, 0.15) is 37.5 Å². The molecular formula is C23H26BrN5O5. The molecular weight excluding hydrogens is 506 g/mol. The number of rotatable bonds is 9. The molecule has 0 saturated carbocycles. The third-order valence-electron chi connectivity index (χ3n) is 4.17. The fourth-order valence-electron chi connectivity index (χ4n) is 2.75. The summed E-state index contributed by atoms with van der Waals surface area (Å²) in [5, 5.41) is 7.51. The van der Waals surface area contributed by atoms with E-state index in [1.165, 1.54) is 11.1 Å². The van der Waals surface area contributed by atoms with Crippen LogP contribution in [0.2, 0.25) is 0 Å². The van der Waals surface area contributed by atoms with Crippen molar-refractivity contribution in [3.8, 4) is 0 Å². The second-order valence-corrected chi connectivity index (χ2v) is 9.06. The van der Waals surface area contributed by atoms with Crippen LogP contribution >= 0.6 is 15.9 Å². The molecule has 0 spiro atoms. The SMILES string of the molecule is C=N/N=C(\OCc1cc(Br)cnc1N(C=O)C(=O)OC(C)(C)C)c1ccc(CN(C)C=O)cc1. The standard InChI is InChI=1S/C23H26BrN5O5/c1-23(2,3)34-22(32)29(15-31)20-18(10-19(24)11-26-20)13-33-21(27-25-4)17-8-6-16(7-9-17)12-28(5)14-30/h6-11,14-15H,4,12-13H2,1-3,5H3/b27-21-. The molecule has 1 heterocycles. The summed E-state index contributed by atoms with van der Waals surface area (Å²) in [5.74, 6) is 0.233. The van der Waals surface area contributed by atoms with Gasteiger partial charge in [0.1, 0.15) is 12.2 Å². The third-order valence-corrected chi connectivity index (χ3v) is 4.61. The minimum atomic E-state index is -0.865. The lowest BCUT2D eigenvalue weighted by Gasteiger charge is -2.24. The smallest absolute Gasteiger partial charge is 0.422 e. The van der Waals surface area contributed by atoms with Crippen molar-refractivity contribution in [2.45, 2.75) is 39.5 Å². The number of amides is 3. The van der Waals surface area contributed by atoms with E-state index in [1.807, 2.05) is 12.1 Å². The van der Waals surface area contributed by atoms with E-state index in [2.05, 4.69) is 37.8 Å². The van der Waals surface area contributed by atoms with Gasteiger partial charge in [-0.25, -0.2) is 14.7 Å². The summed E-state index contributed by atoms with van der Waals surface area (Å²) in [5.41, 5.74) is 1.16. The van der Waals surface area contributed by atoms with Gasteiger partial charge in [0.2, 0.25) is 18.7 Å². The molecule has 0 N–H and O–H groups in total. The summed E-state index contributed by atoms with van der Waals surface area (Å²) >= 11 is 3.34. The largest absolute Gasteiger partial charge is 0.471 e. The first-order valence-corrected chi connectivity index (χ1v) is 10.9. The minimum absolute atomic E-state index is 0.0608. The first-order chi connectivity index (χ1) is 16.1. The lowest BCUT2D eigenvalue weighted by atomic mass is 10.1. The Labute approximate surface area is 206 Å². The summed E-state index contributed by atoms with van der Waals surface area (Å²) < 4.78 is 11.8. The van der Waals surface area contributed by atoms with Crippen molar-refractivity contribution in [1.82, 2.24) is 9.88 Å². The molecule has 0 aliphatic heterocycles. The van der Waals surface area contributed by atoms with E-state index < -0.39 is 11.7 Å². The van der Waals surface area contributed by atoms with E-state index in [0.717, 1.165) is 16.9 Å². The Morgan fingerprint density at radius 1 is 1.21 bits per heavy atom. The monoisotopic (exact) mass is 531 g/mol. The molecule has 3 amide bonds. The van der Waals surface area contributed by atoms with Gasteiger partial charge >= 0.3 is 6.09 Å². The number of anilines is 1. The van der Waals surface area contributed by atoms with Crippen LogP contribution in [0.5, 0.6) is 0 Å². The quantitative estimate of drug-likeness (QED) is 0.210. The Morgan fingerprint density at radius 3 is 2.44 bits per heavy atom. The van der Waals surface area contributed by atoms with Crippen LogP contribution in [-0.4, -0.2) is 54.1 Å². The molecule has 0 radical (unpaired) electrons. The van der Waals surface area contributed by atoms with Crippen molar-refractivity contribution in [2.24, 2.45) is 10.2 Å². The van der Waals surface area contributed by atoms with Crippen molar-refractivity contribution in [1.29, 1.82) is 0 Å². The van der Waals surface area contributed by atoms with Crippen molar-refractivity contribution in [3.63, 3.8) is 0 Å². The minimum Gasteiger partial charge on any atom is -0.471 e. The van der Waals surface area contributed by atoms with Gasteiger partial charge < -0.3 is 14.4 Å². The number of nitrogens with zero attached hydrogens (tertiary/aromatic N) is 5. The van der Waals surface area contributed by atoms with Crippen molar-refractivity contribution in [2.75, 3.05) is 11.9 Å². The van der Waals surface area contributed by atoms with Gasteiger partial charge in [0, 0.05) is 42.1 Å². The average Bonchev–Trinajstić information content (AvgIpc) is 2.77. The van der Waals surface area contributed by atoms with E-state index in [9.17, 15) is 14.4 Å². The van der Waals surface area contributed by atoms with Crippen LogP contribution in [-0.2, 0) is 32.2 Å². The average molecular weight is 532 g/mol. The molecule has 11 heteroatoms. The number of hydrogen-bond acceptors (Lipinski definition) is 8. The summed E-state index contributed by atoms with van der Waals surface area (Å²) in [4.78, 5) is 41.6. The van der Waals surface area contributed by atoms with E-state index in [1.54, 1.807) is 46.0 Å². The van der Waals surface area contributed by atoms with Crippen LogP contribution in [0, 0.1) is 0 Å². The van der Waals surface area contributed by atoms with Gasteiger partial charge in [0.05, 0.1) is 0 Å². The Morgan fingerprint density at radius 2 is 1.88 bits per heavy atom. The molecule has 0 aliphatic carbocycles.